The lowest BCUT2D eigenvalue weighted by molar-refractivity contribution is -0.146. The van der Waals surface area contributed by atoms with Crippen LogP contribution in [-0.4, -0.2) is 60.9 Å². The second kappa shape index (κ2) is 9.49. The SMILES string of the molecule is COCCCn1cc(C(C)(C)C)c2cc(F)c(CN(C(=O)C3CNCCO3)C3CC3)cc21. The molecule has 0 spiro atoms. The average molecular weight is 446 g/mol. The van der Waals surface area contributed by atoms with Gasteiger partial charge in [0.1, 0.15) is 11.9 Å². The molecule has 1 aliphatic carbocycles. The zero-order valence-electron chi connectivity index (χ0n) is 19.7. The van der Waals surface area contributed by atoms with E-state index in [-0.39, 0.29) is 29.7 Å². The Kier molecular flexibility index (Phi) is 6.89. The van der Waals surface area contributed by atoms with Gasteiger partial charge in [-0.15, -0.1) is 0 Å². The van der Waals surface area contributed by atoms with Gasteiger partial charge in [0, 0.05) is 68.6 Å². The molecule has 0 radical (unpaired) electrons. The summed E-state index contributed by atoms with van der Waals surface area (Å²) >= 11 is 0. The molecular weight excluding hydrogens is 409 g/mol. The summed E-state index contributed by atoms with van der Waals surface area (Å²) in [5.74, 6) is -0.288. The van der Waals surface area contributed by atoms with Crippen LogP contribution in [0.25, 0.3) is 10.9 Å². The highest BCUT2D eigenvalue weighted by atomic mass is 19.1. The fourth-order valence-corrected chi connectivity index (χ4v) is 4.50. The summed E-state index contributed by atoms with van der Waals surface area (Å²) in [6, 6.07) is 3.78. The van der Waals surface area contributed by atoms with Crippen LogP contribution in [0.2, 0.25) is 0 Å². The van der Waals surface area contributed by atoms with Crippen LogP contribution in [0.15, 0.2) is 18.3 Å². The third kappa shape index (κ3) is 5.00. The molecule has 1 atom stereocenters. The third-order valence-corrected chi connectivity index (χ3v) is 6.42. The van der Waals surface area contributed by atoms with Gasteiger partial charge in [-0.1, -0.05) is 20.8 Å². The van der Waals surface area contributed by atoms with Crippen molar-refractivity contribution in [2.45, 2.75) is 70.7 Å². The maximum atomic E-state index is 15.3. The van der Waals surface area contributed by atoms with Crippen LogP contribution in [-0.2, 0) is 32.8 Å². The third-order valence-electron chi connectivity index (χ3n) is 6.42. The van der Waals surface area contributed by atoms with Crippen LogP contribution in [0, 0.1) is 5.82 Å². The van der Waals surface area contributed by atoms with Gasteiger partial charge in [-0.05, 0) is 42.4 Å². The van der Waals surface area contributed by atoms with Crippen molar-refractivity contribution >= 4 is 16.8 Å². The Balaban J connectivity index is 1.66. The largest absolute Gasteiger partial charge is 0.385 e. The minimum atomic E-state index is -0.485. The standard InChI is InChI=1S/C25H36FN3O3/c1-25(2,3)20-16-28(9-5-10-31-4)22-12-17(21(26)13-19(20)22)15-29(18-6-7-18)24(30)23-14-27-8-11-32-23/h12-13,16,18,23,27H,5-11,14-15H2,1-4H3. The van der Waals surface area contributed by atoms with Gasteiger partial charge in [0.05, 0.1) is 6.61 Å². The number of nitrogens with zero attached hydrogens (tertiary/aromatic N) is 2. The number of benzene rings is 1. The Bertz CT molecular complexity index is 955. The number of amides is 1. The van der Waals surface area contributed by atoms with E-state index in [0.717, 1.165) is 48.8 Å². The zero-order valence-corrected chi connectivity index (χ0v) is 19.7. The number of hydrogen-bond acceptors (Lipinski definition) is 4. The Morgan fingerprint density at radius 2 is 2.12 bits per heavy atom. The number of morpholine rings is 1. The number of hydrogen-bond donors (Lipinski definition) is 1. The van der Waals surface area contributed by atoms with Crippen LogP contribution in [0.1, 0.15) is 51.2 Å². The van der Waals surface area contributed by atoms with Gasteiger partial charge in [0.25, 0.3) is 5.91 Å². The van der Waals surface area contributed by atoms with E-state index in [0.29, 0.717) is 25.3 Å². The first kappa shape index (κ1) is 23.2. The van der Waals surface area contributed by atoms with E-state index < -0.39 is 6.10 Å². The predicted octanol–water partition coefficient (Wildman–Crippen LogP) is 3.59. The highest BCUT2D eigenvalue weighted by molar-refractivity contribution is 5.86. The lowest BCUT2D eigenvalue weighted by Gasteiger charge is -2.30. The van der Waals surface area contributed by atoms with Crippen molar-refractivity contribution in [1.82, 2.24) is 14.8 Å². The lowest BCUT2D eigenvalue weighted by Crippen LogP contribution is -2.49. The monoisotopic (exact) mass is 445 g/mol. The van der Waals surface area contributed by atoms with Gasteiger partial charge in [-0.2, -0.15) is 0 Å². The number of fused-ring (bicyclic) bond motifs is 1. The van der Waals surface area contributed by atoms with E-state index >= 15 is 4.39 Å². The van der Waals surface area contributed by atoms with Crippen molar-refractivity contribution in [1.29, 1.82) is 0 Å². The summed E-state index contributed by atoms with van der Waals surface area (Å²) in [7, 11) is 1.71. The molecule has 2 aromatic rings. The molecule has 7 heteroatoms. The smallest absolute Gasteiger partial charge is 0.253 e. The van der Waals surface area contributed by atoms with Crippen molar-refractivity contribution in [3.63, 3.8) is 0 Å². The lowest BCUT2D eigenvalue weighted by atomic mass is 9.86. The topological polar surface area (TPSA) is 55.7 Å². The number of aromatic nitrogens is 1. The Morgan fingerprint density at radius 3 is 2.75 bits per heavy atom. The first-order chi connectivity index (χ1) is 15.3. The van der Waals surface area contributed by atoms with Crippen LogP contribution in [0.3, 0.4) is 0 Å². The summed E-state index contributed by atoms with van der Waals surface area (Å²) in [5, 5.41) is 4.16. The fourth-order valence-electron chi connectivity index (χ4n) is 4.50. The van der Waals surface area contributed by atoms with Crippen molar-refractivity contribution in [3.8, 4) is 0 Å². The summed E-state index contributed by atoms with van der Waals surface area (Å²) in [5.41, 5.74) is 2.61. The van der Waals surface area contributed by atoms with E-state index in [2.05, 4.69) is 36.9 Å². The van der Waals surface area contributed by atoms with Crippen LogP contribution >= 0.6 is 0 Å². The van der Waals surface area contributed by atoms with Crippen molar-refractivity contribution < 1.29 is 18.7 Å². The molecule has 1 saturated heterocycles. The van der Waals surface area contributed by atoms with Gasteiger partial charge in [-0.25, -0.2) is 4.39 Å². The molecule has 1 aromatic heterocycles. The summed E-state index contributed by atoms with van der Waals surface area (Å²) < 4.78 is 28.5. The first-order valence-electron chi connectivity index (χ1n) is 11.7. The van der Waals surface area contributed by atoms with E-state index in [4.69, 9.17) is 9.47 Å². The van der Waals surface area contributed by atoms with Crippen molar-refractivity contribution in [3.05, 3.63) is 35.3 Å². The molecule has 32 heavy (non-hydrogen) atoms. The van der Waals surface area contributed by atoms with E-state index in [1.165, 1.54) is 0 Å². The first-order valence-corrected chi connectivity index (χ1v) is 11.7. The Hall–Kier alpha value is -1.96. The number of aryl methyl sites for hydroxylation is 1. The molecule has 1 amide bonds. The normalized spacial score (nSPS) is 19.5. The number of halogens is 1. The predicted molar refractivity (Wildman–Crippen MR) is 123 cm³/mol. The molecule has 1 N–H and O–H groups in total. The highest BCUT2D eigenvalue weighted by Gasteiger charge is 2.37. The number of carbonyl (C=O) groups is 1. The molecule has 1 saturated carbocycles. The van der Waals surface area contributed by atoms with Gasteiger partial charge in [0.15, 0.2) is 0 Å². The van der Waals surface area contributed by atoms with Gasteiger partial charge >= 0.3 is 0 Å². The number of nitrogens with one attached hydrogen (secondary N) is 1. The van der Waals surface area contributed by atoms with Crippen molar-refractivity contribution in [2.75, 3.05) is 33.4 Å². The summed E-state index contributed by atoms with van der Waals surface area (Å²) in [4.78, 5) is 15.0. The highest BCUT2D eigenvalue weighted by Crippen LogP contribution is 2.35. The molecule has 6 nitrogen and oxygen atoms in total. The van der Waals surface area contributed by atoms with E-state index in [1.54, 1.807) is 13.2 Å². The molecule has 0 bridgehead atoms. The quantitative estimate of drug-likeness (QED) is 0.631. The minimum absolute atomic E-state index is 0.0370. The number of carbonyl (C=O) groups excluding carboxylic acids is 1. The van der Waals surface area contributed by atoms with Gasteiger partial charge in [0.2, 0.25) is 0 Å². The fraction of sp³-hybridized carbons (Fsp3) is 0.640. The van der Waals surface area contributed by atoms with Crippen molar-refractivity contribution in [2.24, 2.45) is 0 Å². The number of rotatable bonds is 8. The number of methoxy groups -OCH3 is 1. The minimum Gasteiger partial charge on any atom is -0.385 e. The molecule has 1 unspecified atom stereocenters. The van der Waals surface area contributed by atoms with Crippen LogP contribution in [0.4, 0.5) is 4.39 Å². The summed E-state index contributed by atoms with van der Waals surface area (Å²) in [6.07, 6.45) is 4.49. The molecule has 2 fully saturated rings. The van der Waals surface area contributed by atoms with E-state index in [1.807, 2.05) is 11.0 Å². The Labute approximate surface area is 190 Å². The summed E-state index contributed by atoms with van der Waals surface area (Å²) in [6.45, 7) is 10.0. The van der Waals surface area contributed by atoms with E-state index in [9.17, 15) is 4.79 Å². The maximum Gasteiger partial charge on any atom is 0.253 e. The molecular formula is C25H36FN3O3. The van der Waals surface area contributed by atoms with Crippen LogP contribution < -0.4 is 5.32 Å². The average Bonchev–Trinajstić information content (AvgIpc) is 3.54. The molecule has 2 aliphatic rings. The molecule has 1 aromatic carbocycles. The second-order valence-corrected chi connectivity index (χ2v) is 10.1. The molecule has 2 heterocycles. The molecule has 4 rings (SSSR count). The number of ether oxygens (including phenoxy) is 2. The Morgan fingerprint density at radius 1 is 1.34 bits per heavy atom. The zero-order chi connectivity index (χ0) is 22.9. The second-order valence-electron chi connectivity index (χ2n) is 10.1. The maximum absolute atomic E-state index is 15.3. The van der Waals surface area contributed by atoms with Gasteiger partial charge < -0.3 is 24.3 Å². The van der Waals surface area contributed by atoms with Crippen LogP contribution in [0.5, 0.6) is 0 Å². The van der Waals surface area contributed by atoms with Gasteiger partial charge in [-0.3, -0.25) is 4.79 Å². The molecule has 176 valence electrons. The molecule has 1 aliphatic heterocycles.